The van der Waals surface area contributed by atoms with Crippen molar-refractivity contribution in [2.24, 2.45) is 0 Å². The second kappa shape index (κ2) is 7.43. The predicted molar refractivity (Wildman–Crippen MR) is 108 cm³/mol. The average Bonchev–Trinajstić information content (AvgIpc) is 3.08. The summed E-state index contributed by atoms with van der Waals surface area (Å²) in [5.41, 5.74) is 1.94. The summed E-state index contributed by atoms with van der Waals surface area (Å²) in [5.74, 6) is 0.927. The van der Waals surface area contributed by atoms with Crippen LogP contribution in [-0.4, -0.2) is 22.4 Å². The molecule has 0 fully saturated rings. The molecule has 0 aliphatic carbocycles. The number of aromatic nitrogens is 2. The molecule has 3 aromatic rings. The summed E-state index contributed by atoms with van der Waals surface area (Å²) in [4.78, 5) is 12.2. The van der Waals surface area contributed by atoms with E-state index < -0.39 is 5.56 Å². The number of ether oxygens (including phenoxy) is 1. The quantitative estimate of drug-likeness (QED) is 0.667. The first-order chi connectivity index (χ1) is 13.0. The average molecular weight is 423 g/mol. The van der Waals surface area contributed by atoms with Gasteiger partial charge in [0.05, 0.1) is 34.2 Å². The summed E-state index contributed by atoms with van der Waals surface area (Å²) in [7, 11) is 0. The third kappa shape index (κ3) is 3.63. The number of hydrogen-bond acceptors (Lipinski definition) is 4. The van der Waals surface area contributed by atoms with E-state index >= 15 is 0 Å². The van der Waals surface area contributed by atoms with Crippen LogP contribution < -0.4 is 15.6 Å². The number of rotatable bonds is 4. The van der Waals surface area contributed by atoms with E-state index in [1.165, 1.54) is 11.8 Å². The van der Waals surface area contributed by atoms with E-state index in [1.54, 1.807) is 18.2 Å². The Morgan fingerprint density at radius 1 is 1.15 bits per heavy atom. The maximum atomic E-state index is 12.2. The zero-order valence-corrected chi connectivity index (χ0v) is 16.2. The lowest BCUT2D eigenvalue weighted by Crippen LogP contribution is -2.24. The van der Waals surface area contributed by atoms with Crippen LogP contribution in [0.2, 0.25) is 15.1 Å². The molecule has 1 aliphatic heterocycles. The summed E-state index contributed by atoms with van der Waals surface area (Å²) in [5, 5.41) is 7.78. The van der Waals surface area contributed by atoms with Crippen LogP contribution in [0.15, 0.2) is 53.5 Å². The fraction of sp³-hybridized carbons (Fsp3) is 0.158. The van der Waals surface area contributed by atoms with Gasteiger partial charge in [-0.15, -0.1) is 0 Å². The van der Waals surface area contributed by atoms with E-state index in [0.717, 1.165) is 22.5 Å². The van der Waals surface area contributed by atoms with Crippen LogP contribution in [0, 0.1) is 0 Å². The lowest BCUT2D eigenvalue weighted by Gasteiger charge is -2.15. The van der Waals surface area contributed by atoms with Crippen molar-refractivity contribution in [2.45, 2.75) is 12.5 Å². The molecule has 1 atom stereocenters. The van der Waals surface area contributed by atoms with Gasteiger partial charge in [0.2, 0.25) is 0 Å². The van der Waals surface area contributed by atoms with Crippen LogP contribution >= 0.6 is 34.8 Å². The molecule has 1 aromatic heterocycles. The van der Waals surface area contributed by atoms with Gasteiger partial charge in [0.1, 0.15) is 16.9 Å². The van der Waals surface area contributed by atoms with Gasteiger partial charge in [-0.3, -0.25) is 4.79 Å². The Hall–Kier alpha value is -2.21. The molecule has 8 heteroatoms. The molecular formula is C19H14Cl3N3O2. The first-order valence-electron chi connectivity index (χ1n) is 8.24. The minimum atomic E-state index is -0.502. The monoisotopic (exact) mass is 421 g/mol. The standard InChI is InChI=1S/C19H14Cl3N3O2/c20-14-8-12(25-19(26)18(22)15(21)10-24-25)5-6-16(14)23-9-13-7-11-3-1-2-4-17(11)27-13/h1-6,8,10,13,23H,7,9H2. The van der Waals surface area contributed by atoms with Crippen LogP contribution in [0.5, 0.6) is 5.75 Å². The van der Waals surface area contributed by atoms with Gasteiger partial charge in [-0.05, 0) is 29.8 Å². The van der Waals surface area contributed by atoms with Crippen molar-refractivity contribution in [3.8, 4) is 11.4 Å². The highest BCUT2D eigenvalue weighted by molar-refractivity contribution is 6.41. The number of anilines is 1. The predicted octanol–water partition coefficient (Wildman–Crippen LogP) is 4.61. The summed E-state index contributed by atoms with van der Waals surface area (Å²) in [6.07, 6.45) is 2.21. The van der Waals surface area contributed by atoms with Crippen molar-refractivity contribution in [3.05, 3.63) is 79.6 Å². The molecule has 0 radical (unpaired) electrons. The zero-order chi connectivity index (χ0) is 19.0. The van der Waals surface area contributed by atoms with Crippen molar-refractivity contribution in [1.29, 1.82) is 0 Å². The Balaban J connectivity index is 1.48. The molecule has 27 heavy (non-hydrogen) atoms. The molecule has 138 valence electrons. The first kappa shape index (κ1) is 18.2. The van der Waals surface area contributed by atoms with E-state index in [2.05, 4.69) is 16.5 Å². The number of hydrogen-bond donors (Lipinski definition) is 1. The van der Waals surface area contributed by atoms with E-state index in [0.29, 0.717) is 17.3 Å². The number of para-hydroxylation sites is 1. The highest BCUT2D eigenvalue weighted by Gasteiger charge is 2.22. The van der Waals surface area contributed by atoms with Crippen LogP contribution in [0.3, 0.4) is 0 Å². The number of halogens is 3. The zero-order valence-electron chi connectivity index (χ0n) is 14.0. The van der Waals surface area contributed by atoms with E-state index in [4.69, 9.17) is 39.5 Å². The van der Waals surface area contributed by atoms with Gasteiger partial charge in [-0.25, -0.2) is 0 Å². The van der Waals surface area contributed by atoms with Gasteiger partial charge < -0.3 is 10.1 Å². The van der Waals surface area contributed by atoms with Crippen molar-refractivity contribution >= 4 is 40.5 Å². The Bertz CT molecular complexity index is 1040. The third-order valence-corrected chi connectivity index (χ3v) is 5.37. The molecule has 4 rings (SSSR count). The lowest BCUT2D eigenvalue weighted by molar-refractivity contribution is 0.246. The molecule has 0 bridgehead atoms. The number of nitrogens with one attached hydrogen (secondary N) is 1. The number of benzene rings is 2. The fourth-order valence-electron chi connectivity index (χ4n) is 2.97. The van der Waals surface area contributed by atoms with Crippen molar-refractivity contribution in [1.82, 2.24) is 9.78 Å². The third-order valence-electron chi connectivity index (χ3n) is 4.31. The van der Waals surface area contributed by atoms with Crippen LogP contribution in [0.4, 0.5) is 5.69 Å². The minimum absolute atomic E-state index is 0.0394. The Morgan fingerprint density at radius 2 is 1.96 bits per heavy atom. The number of fused-ring (bicyclic) bond motifs is 1. The summed E-state index contributed by atoms with van der Waals surface area (Å²) in [6.45, 7) is 0.610. The molecule has 0 spiro atoms. The topological polar surface area (TPSA) is 56.2 Å². The second-order valence-electron chi connectivity index (χ2n) is 6.12. The Labute approximate surface area is 170 Å². The van der Waals surface area contributed by atoms with Crippen molar-refractivity contribution in [3.63, 3.8) is 0 Å². The van der Waals surface area contributed by atoms with Gasteiger partial charge in [-0.1, -0.05) is 53.0 Å². The van der Waals surface area contributed by atoms with Crippen molar-refractivity contribution in [2.75, 3.05) is 11.9 Å². The SMILES string of the molecule is O=c1c(Cl)c(Cl)cnn1-c1ccc(NCC2Cc3ccccc3O2)c(Cl)c1. The molecule has 2 heterocycles. The summed E-state index contributed by atoms with van der Waals surface area (Å²) in [6, 6.07) is 13.2. The van der Waals surface area contributed by atoms with Gasteiger partial charge in [-0.2, -0.15) is 9.78 Å². The van der Waals surface area contributed by atoms with Gasteiger partial charge in [0.25, 0.3) is 5.56 Å². The van der Waals surface area contributed by atoms with E-state index in [9.17, 15) is 4.79 Å². The van der Waals surface area contributed by atoms with E-state index in [1.807, 2.05) is 18.2 Å². The fourth-order valence-corrected chi connectivity index (χ4v) is 3.46. The maximum absolute atomic E-state index is 12.2. The molecule has 1 N–H and O–H groups in total. The first-order valence-corrected chi connectivity index (χ1v) is 9.38. The highest BCUT2D eigenvalue weighted by atomic mass is 35.5. The van der Waals surface area contributed by atoms with Crippen LogP contribution in [-0.2, 0) is 6.42 Å². The molecule has 0 amide bonds. The van der Waals surface area contributed by atoms with Crippen LogP contribution in [0.1, 0.15) is 5.56 Å². The Morgan fingerprint density at radius 3 is 2.74 bits per heavy atom. The summed E-state index contributed by atoms with van der Waals surface area (Å²) >= 11 is 18.1. The normalized spacial score (nSPS) is 15.3. The van der Waals surface area contributed by atoms with Gasteiger partial charge in [0.15, 0.2) is 0 Å². The van der Waals surface area contributed by atoms with Gasteiger partial charge >= 0.3 is 0 Å². The molecule has 5 nitrogen and oxygen atoms in total. The molecule has 1 unspecified atom stereocenters. The maximum Gasteiger partial charge on any atom is 0.291 e. The minimum Gasteiger partial charge on any atom is -0.488 e. The van der Waals surface area contributed by atoms with Crippen molar-refractivity contribution < 1.29 is 4.74 Å². The molecule has 0 saturated carbocycles. The van der Waals surface area contributed by atoms with Gasteiger partial charge in [0, 0.05) is 6.42 Å². The molecular weight excluding hydrogens is 409 g/mol. The molecule has 2 aromatic carbocycles. The number of nitrogens with zero attached hydrogens (tertiary/aromatic N) is 2. The van der Waals surface area contributed by atoms with Crippen LogP contribution in [0.25, 0.3) is 5.69 Å². The molecule has 1 aliphatic rings. The highest BCUT2D eigenvalue weighted by Crippen LogP contribution is 2.29. The largest absolute Gasteiger partial charge is 0.488 e. The second-order valence-corrected chi connectivity index (χ2v) is 7.31. The molecule has 0 saturated heterocycles. The lowest BCUT2D eigenvalue weighted by atomic mass is 10.1. The smallest absolute Gasteiger partial charge is 0.291 e. The summed E-state index contributed by atoms with van der Waals surface area (Å²) < 4.78 is 7.07. The van der Waals surface area contributed by atoms with E-state index in [-0.39, 0.29) is 16.1 Å². The Kier molecular flexibility index (Phi) is 5.00.